The number of hydrogen-bond donors (Lipinski definition) is 1. The van der Waals surface area contributed by atoms with Crippen LogP contribution < -0.4 is 0 Å². The predicted molar refractivity (Wildman–Crippen MR) is 113 cm³/mol. The molecule has 30 heavy (non-hydrogen) atoms. The molecule has 2 rings (SSSR count). The van der Waals surface area contributed by atoms with E-state index < -0.39 is 12.1 Å². The van der Waals surface area contributed by atoms with Crippen LogP contribution in [-0.2, 0) is 23.9 Å². The highest BCUT2D eigenvalue weighted by molar-refractivity contribution is 5.80. The van der Waals surface area contributed by atoms with E-state index in [4.69, 9.17) is 4.74 Å². The van der Waals surface area contributed by atoms with Crippen molar-refractivity contribution >= 4 is 17.7 Å². The van der Waals surface area contributed by atoms with E-state index in [2.05, 4.69) is 23.8 Å². The lowest BCUT2D eigenvalue weighted by molar-refractivity contribution is -0.163. The van der Waals surface area contributed by atoms with Gasteiger partial charge in [0.15, 0.2) is 0 Å². The van der Waals surface area contributed by atoms with Crippen molar-refractivity contribution in [2.24, 2.45) is 29.6 Å². The Morgan fingerprint density at radius 2 is 1.93 bits per heavy atom. The van der Waals surface area contributed by atoms with Gasteiger partial charge in [0.1, 0.15) is 11.9 Å². The normalized spacial score (nSPS) is 30.1. The van der Waals surface area contributed by atoms with Crippen LogP contribution in [0.25, 0.3) is 0 Å². The number of Topliss-reactive ketones (excluding diaryl/α,β-unsaturated/α-hetero) is 1. The van der Waals surface area contributed by atoms with Crippen molar-refractivity contribution in [3.63, 3.8) is 0 Å². The van der Waals surface area contributed by atoms with E-state index in [-0.39, 0.29) is 48.5 Å². The van der Waals surface area contributed by atoms with Gasteiger partial charge in [0.2, 0.25) is 0 Å². The largest absolute Gasteiger partial charge is 0.469 e. The number of aliphatic hydroxyl groups is 1. The minimum absolute atomic E-state index is 0.0325. The number of fused-ring (bicyclic) bond motifs is 1. The first-order chi connectivity index (χ1) is 14.2. The molecule has 7 atom stereocenters. The molecule has 0 aromatic carbocycles. The number of carbonyl (C=O) groups is 3. The Labute approximate surface area is 180 Å². The number of methoxy groups -OCH3 is 1. The van der Waals surface area contributed by atoms with Crippen LogP contribution in [0.3, 0.4) is 0 Å². The Morgan fingerprint density at radius 1 is 1.20 bits per heavy atom. The fraction of sp³-hybridized carbons (Fsp3) is 0.792. The summed E-state index contributed by atoms with van der Waals surface area (Å²) in [7, 11) is 1.26. The Kier molecular flexibility index (Phi) is 9.53. The van der Waals surface area contributed by atoms with Crippen LogP contribution in [0.1, 0.15) is 72.1 Å². The first-order valence-electron chi connectivity index (χ1n) is 11.4. The van der Waals surface area contributed by atoms with Crippen molar-refractivity contribution in [1.29, 1.82) is 0 Å². The summed E-state index contributed by atoms with van der Waals surface area (Å²) in [6, 6.07) is 0. The molecule has 0 aliphatic heterocycles. The first-order valence-corrected chi connectivity index (χ1v) is 11.4. The highest BCUT2D eigenvalue weighted by atomic mass is 16.5. The SMILES string of the molecule is CC[C@H](C)C(=O)O[C@H]1C[C@@H](C)C[C@@H]2C=CC[C@H](CCC(=O)C[C@@H](O)CC(=O)OC)[C@@H]12. The lowest BCUT2D eigenvalue weighted by atomic mass is 9.63. The van der Waals surface area contributed by atoms with Gasteiger partial charge in [-0.15, -0.1) is 0 Å². The van der Waals surface area contributed by atoms with Gasteiger partial charge in [-0.2, -0.15) is 0 Å². The number of rotatable bonds is 10. The van der Waals surface area contributed by atoms with Gasteiger partial charge >= 0.3 is 11.9 Å². The maximum absolute atomic E-state index is 12.5. The average Bonchev–Trinajstić information content (AvgIpc) is 2.70. The topological polar surface area (TPSA) is 89.9 Å². The van der Waals surface area contributed by atoms with Gasteiger partial charge in [-0.25, -0.2) is 0 Å². The zero-order valence-electron chi connectivity index (χ0n) is 18.8. The van der Waals surface area contributed by atoms with Gasteiger partial charge < -0.3 is 14.6 Å². The summed E-state index contributed by atoms with van der Waals surface area (Å²) in [5.74, 6) is 0.618. The average molecular weight is 423 g/mol. The standard InChI is InChI=1S/C24H38O6/c1-5-16(3)24(28)30-21-12-15(2)11-18-8-6-7-17(23(18)21)9-10-19(25)13-20(26)14-22(27)29-4/h6,8,15-18,20-21,23,26H,5,7,9-14H2,1-4H3/t15-,16-,17+,18-,20+,21-,23+/m0/s1. The van der Waals surface area contributed by atoms with E-state index in [1.165, 1.54) is 7.11 Å². The Balaban J connectivity index is 1.97. The van der Waals surface area contributed by atoms with Gasteiger partial charge in [0.05, 0.1) is 25.6 Å². The van der Waals surface area contributed by atoms with Crippen molar-refractivity contribution in [2.75, 3.05) is 7.11 Å². The Bertz CT molecular complexity index is 627. The Morgan fingerprint density at radius 3 is 2.60 bits per heavy atom. The summed E-state index contributed by atoms with van der Waals surface area (Å²) in [6.45, 7) is 6.11. The van der Waals surface area contributed by atoms with Crippen LogP contribution in [0.2, 0.25) is 0 Å². The molecule has 6 heteroatoms. The highest BCUT2D eigenvalue weighted by Crippen LogP contribution is 2.46. The fourth-order valence-electron chi connectivity index (χ4n) is 4.92. The quantitative estimate of drug-likeness (QED) is 0.425. The summed E-state index contributed by atoms with van der Waals surface area (Å²) in [6.07, 6.45) is 7.85. The molecular formula is C24H38O6. The number of aliphatic hydroxyl groups excluding tert-OH is 1. The van der Waals surface area contributed by atoms with Crippen LogP contribution in [0.15, 0.2) is 12.2 Å². The molecule has 0 amide bonds. The number of hydrogen-bond acceptors (Lipinski definition) is 6. The molecule has 0 radical (unpaired) electrons. The van der Waals surface area contributed by atoms with E-state index in [1.54, 1.807) is 0 Å². The van der Waals surface area contributed by atoms with Gasteiger partial charge in [0.25, 0.3) is 0 Å². The summed E-state index contributed by atoms with van der Waals surface area (Å²) >= 11 is 0. The third kappa shape index (κ3) is 6.93. The van der Waals surface area contributed by atoms with Crippen LogP contribution in [0.5, 0.6) is 0 Å². The van der Waals surface area contributed by atoms with Crippen LogP contribution >= 0.6 is 0 Å². The van der Waals surface area contributed by atoms with Gasteiger partial charge in [-0.05, 0) is 49.9 Å². The second kappa shape index (κ2) is 11.6. The molecular weight excluding hydrogens is 384 g/mol. The van der Waals surface area contributed by atoms with Crippen molar-refractivity contribution < 1.29 is 29.0 Å². The van der Waals surface area contributed by atoms with Gasteiger partial charge in [-0.3, -0.25) is 14.4 Å². The van der Waals surface area contributed by atoms with Crippen LogP contribution in [-0.4, -0.2) is 42.1 Å². The van der Waals surface area contributed by atoms with E-state index in [1.807, 2.05) is 13.8 Å². The molecule has 0 aromatic heterocycles. The molecule has 0 heterocycles. The van der Waals surface area contributed by atoms with E-state index >= 15 is 0 Å². The number of allylic oxidation sites excluding steroid dienone is 2. The molecule has 0 spiro atoms. The maximum atomic E-state index is 12.5. The van der Waals surface area contributed by atoms with E-state index in [9.17, 15) is 19.5 Å². The van der Waals surface area contributed by atoms with E-state index in [0.29, 0.717) is 24.7 Å². The molecule has 2 aliphatic carbocycles. The molecule has 0 bridgehead atoms. The molecule has 1 fully saturated rings. The molecule has 0 unspecified atom stereocenters. The van der Waals surface area contributed by atoms with Crippen LogP contribution in [0, 0.1) is 29.6 Å². The second-order valence-electron chi connectivity index (χ2n) is 9.24. The summed E-state index contributed by atoms with van der Waals surface area (Å²) < 4.78 is 10.5. The molecule has 1 N–H and O–H groups in total. The number of ether oxygens (including phenoxy) is 2. The summed E-state index contributed by atoms with van der Waals surface area (Å²) in [4.78, 5) is 36.1. The zero-order valence-corrected chi connectivity index (χ0v) is 18.8. The number of esters is 2. The third-order valence-corrected chi connectivity index (χ3v) is 6.77. The number of carbonyl (C=O) groups excluding carboxylic acids is 3. The number of ketones is 1. The van der Waals surface area contributed by atoms with Gasteiger partial charge in [-0.1, -0.05) is 32.9 Å². The minimum Gasteiger partial charge on any atom is -0.469 e. The monoisotopic (exact) mass is 422 g/mol. The van der Waals surface area contributed by atoms with E-state index in [0.717, 1.165) is 25.7 Å². The third-order valence-electron chi connectivity index (χ3n) is 6.77. The molecule has 0 saturated heterocycles. The molecule has 6 nitrogen and oxygen atoms in total. The molecule has 0 aromatic rings. The van der Waals surface area contributed by atoms with Crippen LogP contribution in [0.4, 0.5) is 0 Å². The Hall–Kier alpha value is -1.69. The van der Waals surface area contributed by atoms with Crippen molar-refractivity contribution in [3.05, 3.63) is 12.2 Å². The summed E-state index contributed by atoms with van der Waals surface area (Å²) in [5, 5.41) is 9.90. The van der Waals surface area contributed by atoms with Crippen molar-refractivity contribution in [2.45, 2.75) is 84.3 Å². The lowest BCUT2D eigenvalue weighted by Gasteiger charge is -2.45. The fourth-order valence-corrected chi connectivity index (χ4v) is 4.92. The maximum Gasteiger partial charge on any atom is 0.308 e. The molecule has 1 saturated carbocycles. The van der Waals surface area contributed by atoms with Crippen molar-refractivity contribution in [1.82, 2.24) is 0 Å². The summed E-state index contributed by atoms with van der Waals surface area (Å²) in [5.41, 5.74) is 0. The minimum atomic E-state index is -0.997. The predicted octanol–water partition coefficient (Wildman–Crippen LogP) is 3.85. The zero-order chi connectivity index (χ0) is 22.3. The molecule has 2 aliphatic rings. The van der Waals surface area contributed by atoms with Gasteiger partial charge in [0, 0.05) is 18.8 Å². The van der Waals surface area contributed by atoms with Crippen molar-refractivity contribution in [3.8, 4) is 0 Å². The first kappa shape index (κ1) is 24.6. The lowest BCUT2D eigenvalue weighted by Crippen LogP contribution is -2.44. The smallest absolute Gasteiger partial charge is 0.308 e. The highest BCUT2D eigenvalue weighted by Gasteiger charge is 2.43. The molecule has 170 valence electrons. The second-order valence-corrected chi connectivity index (χ2v) is 9.24.